The molecule has 0 aromatic heterocycles. The summed E-state index contributed by atoms with van der Waals surface area (Å²) >= 11 is 0. The van der Waals surface area contributed by atoms with E-state index in [2.05, 4.69) is 62.3 Å². The van der Waals surface area contributed by atoms with Crippen LogP contribution < -0.4 is 10.6 Å². The van der Waals surface area contributed by atoms with Crippen molar-refractivity contribution in [3.05, 3.63) is 47.6 Å². The maximum Gasteiger partial charge on any atom is 0.0364 e. The standard InChI is InChI=1S/C18H26N2/c1-4-5-10-18(19)17-13-15(20(2)3)11-12-16(17)14-8-6-7-9-14/h6-8,11-13,18H,4-5,9-10,19H2,1-3H3. The van der Waals surface area contributed by atoms with Crippen molar-refractivity contribution in [2.24, 2.45) is 5.73 Å². The predicted molar refractivity (Wildman–Crippen MR) is 89.0 cm³/mol. The molecule has 0 aliphatic heterocycles. The lowest BCUT2D eigenvalue weighted by Gasteiger charge is -2.21. The summed E-state index contributed by atoms with van der Waals surface area (Å²) in [6.45, 7) is 2.22. The van der Waals surface area contributed by atoms with Crippen LogP contribution in [0, 0.1) is 0 Å². The Bertz CT molecular complexity index is 512. The number of anilines is 1. The van der Waals surface area contributed by atoms with Crippen LogP contribution in [-0.2, 0) is 0 Å². The van der Waals surface area contributed by atoms with Crippen LogP contribution in [0.3, 0.4) is 0 Å². The smallest absolute Gasteiger partial charge is 0.0364 e. The molecule has 1 aliphatic carbocycles. The van der Waals surface area contributed by atoms with Gasteiger partial charge in [-0.3, -0.25) is 0 Å². The highest BCUT2D eigenvalue weighted by molar-refractivity contribution is 5.75. The number of nitrogens with two attached hydrogens (primary N) is 1. The van der Waals surface area contributed by atoms with Crippen molar-refractivity contribution < 1.29 is 0 Å². The minimum absolute atomic E-state index is 0.131. The van der Waals surface area contributed by atoms with Crippen molar-refractivity contribution in [1.29, 1.82) is 0 Å². The number of nitrogens with zero attached hydrogens (tertiary/aromatic N) is 1. The van der Waals surface area contributed by atoms with Crippen LogP contribution in [0.2, 0.25) is 0 Å². The Kier molecular flexibility index (Phi) is 5.02. The second kappa shape index (κ2) is 6.76. The fourth-order valence-corrected chi connectivity index (χ4v) is 2.65. The van der Waals surface area contributed by atoms with Gasteiger partial charge in [-0.15, -0.1) is 0 Å². The molecule has 20 heavy (non-hydrogen) atoms. The summed E-state index contributed by atoms with van der Waals surface area (Å²) < 4.78 is 0. The zero-order valence-corrected chi connectivity index (χ0v) is 12.9. The number of unbranched alkanes of at least 4 members (excludes halogenated alkanes) is 1. The van der Waals surface area contributed by atoms with Gasteiger partial charge in [0.05, 0.1) is 0 Å². The van der Waals surface area contributed by atoms with Gasteiger partial charge in [-0.2, -0.15) is 0 Å². The van der Waals surface area contributed by atoms with Gasteiger partial charge in [-0.1, -0.05) is 44.1 Å². The van der Waals surface area contributed by atoms with Crippen LogP contribution >= 0.6 is 0 Å². The lowest BCUT2D eigenvalue weighted by molar-refractivity contribution is 0.602. The van der Waals surface area contributed by atoms with E-state index < -0.39 is 0 Å². The first-order valence-electron chi connectivity index (χ1n) is 7.56. The molecule has 2 N–H and O–H groups in total. The van der Waals surface area contributed by atoms with E-state index in [9.17, 15) is 0 Å². The Morgan fingerprint density at radius 2 is 2.10 bits per heavy atom. The molecule has 2 heteroatoms. The highest BCUT2D eigenvalue weighted by atomic mass is 15.1. The molecule has 0 amide bonds. The average Bonchev–Trinajstić information content (AvgIpc) is 2.98. The molecule has 1 aliphatic rings. The van der Waals surface area contributed by atoms with E-state index in [4.69, 9.17) is 5.73 Å². The second-order valence-electron chi connectivity index (χ2n) is 5.74. The van der Waals surface area contributed by atoms with E-state index in [1.807, 2.05) is 0 Å². The highest BCUT2D eigenvalue weighted by Crippen LogP contribution is 2.33. The average molecular weight is 270 g/mol. The summed E-state index contributed by atoms with van der Waals surface area (Å²) in [6, 6.07) is 6.81. The molecule has 1 unspecified atom stereocenters. The van der Waals surface area contributed by atoms with Crippen molar-refractivity contribution in [1.82, 2.24) is 0 Å². The van der Waals surface area contributed by atoms with E-state index in [1.165, 1.54) is 35.2 Å². The van der Waals surface area contributed by atoms with Crippen LogP contribution in [0.25, 0.3) is 5.57 Å². The summed E-state index contributed by atoms with van der Waals surface area (Å²) in [4.78, 5) is 2.14. The Morgan fingerprint density at radius 3 is 2.70 bits per heavy atom. The Hall–Kier alpha value is -1.54. The topological polar surface area (TPSA) is 29.3 Å². The fraction of sp³-hybridized carbons (Fsp3) is 0.444. The molecule has 0 saturated heterocycles. The summed E-state index contributed by atoms with van der Waals surface area (Å²) in [5.41, 5.74) is 11.7. The van der Waals surface area contributed by atoms with E-state index in [0.717, 1.165) is 12.8 Å². The number of allylic oxidation sites excluding steroid dienone is 4. The SMILES string of the molecule is CCCCC(N)c1cc(N(C)C)ccc1C1=CC=CC1. The van der Waals surface area contributed by atoms with Gasteiger partial charge in [0.25, 0.3) is 0 Å². The van der Waals surface area contributed by atoms with Gasteiger partial charge in [0.2, 0.25) is 0 Å². The molecular weight excluding hydrogens is 244 g/mol. The highest BCUT2D eigenvalue weighted by Gasteiger charge is 2.15. The number of hydrogen-bond donors (Lipinski definition) is 1. The maximum atomic E-state index is 6.45. The molecule has 0 radical (unpaired) electrons. The van der Waals surface area contributed by atoms with Gasteiger partial charge in [0.15, 0.2) is 0 Å². The molecule has 1 aromatic carbocycles. The molecule has 0 bridgehead atoms. The first-order valence-corrected chi connectivity index (χ1v) is 7.56. The van der Waals surface area contributed by atoms with E-state index >= 15 is 0 Å². The minimum Gasteiger partial charge on any atom is -0.378 e. The lowest BCUT2D eigenvalue weighted by Crippen LogP contribution is -2.15. The molecule has 0 fully saturated rings. The Morgan fingerprint density at radius 1 is 1.30 bits per heavy atom. The first-order chi connectivity index (χ1) is 9.63. The summed E-state index contributed by atoms with van der Waals surface area (Å²) in [6.07, 6.45) is 11.0. The van der Waals surface area contributed by atoms with Gasteiger partial charge in [-0.05, 0) is 41.7 Å². The number of rotatable bonds is 6. The molecule has 0 saturated carbocycles. The van der Waals surface area contributed by atoms with Crippen LogP contribution in [0.4, 0.5) is 5.69 Å². The summed E-state index contributed by atoms with van der Waals surface area (Å²) in [5.74, 6) is 0. The quantitative estimate of drug-likeness (QED) is 0.835. The van der Waals surface area contributed by atoms with Crippen molar-refractivity contribution >= 4 is 11.3 Å². The van der Waals surface area contributed by atoms with Gasteiger partial charge >= 0.3 is 0 Å². The molecule has 1 aromatic rings. The van der Waals surface area contributed by atoms with Gasteiger partial charge in [0.1, 0.15) is 0 Å². The Labute approximate surface area is 123 Å². The Balaban J connectivity index is 2.34. The fourth-order valence-electron chi connectivity index (χ4n) is 2.65. The third-order valence-electron chi connectivity index (χ3n) is 3.94. The zero-order chi connectivity index (χ0) is 14.5. The third-order valence-corrected chi connectivity index (χ3v) is 3.94. The maximum absolute atomic E-state index is 6.45. The largest absolute Gasteiger partial charge is 0.378 e. The number of benzene rings is 1. The summed E-state index contributed by atoms with van der Waals surface area (Å²) in [7, 11) is 4.15. The lowest BCUT2D eigenvalue weighted by atomic mass is 9.91. The molecule has 1 atom stereocenters. The van der Waals surface area contributed by atoms with Gasteiger partial charge in [-0.25, -0.2) is 0 Å². The first kappa shape index (κ1) is 14.9. The van der Waals surface area contributed by atoms with Crippen LogP contribution in [0.15, 0.2) is 36.4 Å². The van der Waals surface area contributed by atoms with Crippen LogP contribution in [0.1, 0.15) is 49.8 Å². The molecule has 0 heterocycles. The third kappa shape index (κ3) is 3.31. The molecular formula is C18H26N2. The molecule has 2 nitrogen and oxygen atoms in total. The van der Waals surface area contributed by atoms with E-state index in [0.29, 0.717) is 0 Å². The molecule has 2 rings (SSSR count). The zero-order valence-electron chi connectivity index (χ0n) is 12.9. The van der Waals surface area contributed by atoms with Crippen molar-refractivity contribution in [3.8, 4) is 0 Å². The van der Waals surface area contributed by atoms with Gasteiger partial charge < -0.3 is 10.6 Å². The minimum atomic E-state index is 0.131. The van der Waals surface area contributed by atoms with Crippen LogP contribution in [0.5, 0.6) is 0 Å². The van der Waals surface area contributed by atoms with E-state index in [1.54, 1.807) is 0 Å². The van der Waals surface area contributed by atoms with Crippen molar-refractivity contribution in [2.45, 2.75) is 38.6 Å². The molecule has 0 spiro atoms. The van der Waals surface area contributed by atoms with Crippen LogP contribution in [-0.4, -0.2) is 14.1 Å². The predicted octanol–water partition coefficient (Wildman–Crippen LogP) is 4.29. The molecule has 108 valence electrons. The van der Waals surface area contributed by atoms with Crippen molar-refractivity contribution in [3.63, 3.8) is 0 Å². The van der Waals surface area contributed by atoms with Crippen molar-refractivity contribution in [2.75, 3.05) is 19.0 Å². The number of hydrogen-bond acceptors (Lipinski definition) is 2. The van der Waals surface area contributed by atoms with E-state index in [-0.39, 0.29) is 6.04 Å². The second-order valence-corrected chi connectivity index (χ2v) is 5.74. The van der Waals surface area contributed by atoms with Gasteiger partial charge in [0, 0.05) is 25.8 Å². The monoisotopic (exact) mass is 270 g/mol. The normalized spacial score (nSPS) is 15.3. The summed E-state index contributed by atoms with van der Waals surface area (Å²) in [5, 5.41) is 0.